The van der Waals surface area contributed by atoms with Gasteiger partial charge in [-0.25, -0.2) is 0 Å². The number of halogens is 4. The molecule has 0 saturated carbocycles. The summed E-state index contributed by atoms with van der Waals surface area (Å²) in [5.41, 5.74) is 1.86. The Balaban J connectivity index is 0.000000280. The van der Waals surface area contributed by atoms with Gasteiger partial charge < -0.3 is 9.90 Å². The van der Waals surface area contributed by atoms with Gasteiger partial charge in [0.15, 0.2) is 0 Å². The van der Waals surface area contributed by atoms with E-state index in [0.717, 1.165) is 23.8 Å². The highest BCUT2D eigenvalue weighted by atomic mass is 35.5. The number of rotatable bonds is 8. The molecule has 0 fully saturated rings. The molecule has 6 heteroatoms. The first-order valence-corrected chi connectivity index (χ1v) is 10.1. The van der Waals surface area contributed by atoms with Crippen molar-refractivity contribution in [3.05, 3.63) is 92.9 Å². The standard InChI is InChI=1S/C11H12Cl2O.C11H10Cl2O/c2*1-2-3-9(7-14)8-4-5-10(12)11(13)6-8/h2,4-6,9,14H,1,3,7H2;2,4-7,9H,1,3H2. The number of benzene rings is 2. The summed E-state index contributed by atoms with van der Waals surface area (Å²) in [6, 6.07) is 10.6. The molecular weight excluding hydrogens is 438 g/mol. The molecule has 0 amide bonds. The number of carbonyl (C=O) groups excluding carboxylic acids is 1. The molecule has 0 aromatic heterocycles. The average Bonchev–Trinajstić information content (AvgIpc) is 2.69. The second-order valence-electron chi connectivity index (χ2n) is 6.02. The maximum atomic E-state index is 10.8. The van der Waals surface area contributed by atoms with Crippen LogP contribution in [0.3, 0.4) is 0 Å². The predicted molar refractivity (Wildman–Crippen MR) is 121 cm³/mol. The zero-order valence-electron chi connectivity index (χ0n) is 15.3. The van der Waals surface area contributed by atoms with Gasteiger partial charge in [0, 0.05) is 11.8 Å². The van der Waals surface area contributed by atoms with Crippen LogP contribution in [-0.4, -0.2) is 18.0 Å². The summed E-state index contributed by atoms with van der Waals surface area (Å²) in [5, 5.41) is 11.2. The van der Waals surface area contributed by atoms with Gasteiger partial charge in [0.05, 0.1) is 26.7 Å². The van der Waals surface area contributed by atoms with E-state index in [1.807, 2.05) is 6.07 Å². The maximum Gasteiger partial charge on any atom is 0.127 e. The van der Waals surface area contributed by atoms with Crippen LogP contribution in [0.4, 0.5) is 0 Å². The molecule has 0 spiro atoms. The Morgan fingerprint density at radius 1 is 0.821 bits per heavy atom. The minimum absolute atomic E-state index is 0.0577. The van der Waals surface area contributed by atoms with Gasteiger partial charge in [-0.05, 0) is 48.2 Å². The van der Waals surface area contributed by atoms with E-state index < -0.39 is 0 Å². The van der Waals surface area contributed by atoms with Crippen LogP contribution < -0.4 is 0 Å². The minimum Gasteiger partial charge on any atom is -0.396 e. The first-order chi connectivity index (χ1) is 13.4. The quantitative estimate of drug-likeness (QED) is 0.327. The van der Waals surface area contributed by atoms with Crippen molar-refractivity contribution in [2.75, 3.05) is 6.61 Å². The smallest absolute Gasteiger partial charge is 0.127 e. The molecule has 0 aliphatic rings. The van der Waals surface area contributed by atoms with Crippen molar-refractivity contribution in [3.8, 4) is 0 Å². The molecule has 150 valence electrons. The molecular formula is C22H22Cl4O2. The molecule has 0 aliphatic carbocycles. The topological polar surface area (TPSA) is 37.3 Å². The van der Waals surface area contributed by atoms with Gasteiger partial charge in [-0.15, -0.1) is 13.2 Å². The number of hydrogen-bond donors (Lipinski definition) is 1. The van der Waals surface area contributed by atoms with E-state index >= 15 is 0 Å². The van der Waals surface area contributed by atoms with Gasteiger partial charge in [0.25, 0.3) is 0 Å². The van der Waals surface area contributed by atoms with Crippen molar-refractivity contribution in [1.29, 1.82) is 0 Å². The third-order valence-corrected chi connectivity index (χ3v) is 5.52. The van der Waals surface area contributed by atoms with E-state index in [4.69, 9.17) is 51.5 Å². The zero-order chi connectivity index (χ0) is 21.1. The Bertz CT molecular complexity index is 805. The van der Waals surface area contributed by atoms with Crippen molar-refractivity contribution in [3.63, 3.8) is 0 Å². The van der Waals surface area contributed by atoms with Crippen LogP contribution >= 0.6 is 46.4 Å². The second-order valence-corrected chi connectivity index (χ2v) is 7.65. The zero-order valence-corrected chi connectivity index (χ0v) is 18.3. The molecule has 2 aromatic rings. The van der Waals surface area contributed by atoms with Crippen molar-refractivity contribution in [1.82, 2.24) is 0 Å². The third kappa shape index (κ3) is 7.62. The Morgan fingerprint density at radius 2 is 1.32 bits per heavy atom. The van der Waals surface area contributed by atoms with Crippen LogP contribution in [0.2, 0.25) is 20.1 Å². The van der Waals surface area contributed by atoms with Crippen LogP contribution in [-0.2, 0) is 4.79 Å². The Hall–Kier alpha value is -1.29. The second kappa shape index (κ2) is 13.0. The summed E-state index contributed by atoms with van der Waals surface area (Å²) in [4.78, 5) is 10.8. The monoisotopic (exact) mass is 458 g/mol. The lowest BCUT2D eigenvalue weighted by molar-refractivity contribution is -0.109. The van der Waals surface area contributed by atoms with Crippen LogP contribution in [0.1, 0.15) is 35.8 Å². The summed E-state index contributed by atoms with van der Waals surface area (Å²) in [7, 11) is 0. The number of carbonyl (C=O) groups is 1. The van der Waals surface area contributed by atoms with Crippen molar-refractivity contribution < 1.29 is 9.90 Å². The molecule has 0 radical (unpaired) electrons. The van der Waals surface area contributed by atoms with Crippen molar-refractivity contribution in [2.45, 2.75) is 24.7 Å². The summed E-state index contributed by atoms with van der Waals surface area (Å²) in [6.07, 6.45) is 5.72. The molecule has 28 heavy (non-hydrogen) atoms. The number of aliphatic hydroxyl groups is 1. The van der Waals surface area contributed by atoms with Crippen molar-refractivity contribution in [2.24, 2.45) is 0 Å². The van der Waals surface area contributed by atoms with Gasteiger partial charge in [-0.3, -0.25) is 0 Å². The largest absolute Gasteiger partial charge is 0.396 e. The fourth-order valence-electron chi connectivity index (χ4n) is 2.48. The fraction of sp³-hybridized carbons (Fsp3) is 0.227. The van der Waals surface area contributed by atoms with Crippen molar-refractivity contribution >= 4 is 52.7 Å². The summed E-state index contributed by atoms with van der Waals surface area (Å²) in [5.74, 6) is -0.121. The highest BCUT2D eigenvalue weighted by Crippen LogP contribution is 2.28. The first kappa shape index (κ1) is 24.7. The Kier molecular flexibility index (Phi) is 11.5. The van der Waals surface area contributed by atoms with Crippen LogP contribution in [0.25, 0.3) is 0 Å². The van der Waals surface area contributed by atoms with E-state index in [2.05, 4.69) is 13.2 Å². The van der Waals surface area contributed by atoms with Gasteiger partial charge >= 0.3 is 0 Å². The number of aldehydes is 1. The normalized spacial score (nSPS) is 12.3. The molecule has 2 atom stereocenters. The molecule has 0 saturated heterocycles. The molecule has 2 aromatic carbocycles. The van der Waals surface area contributed by atoms with E-state index in [1.165, 1.54) is 0 Å². The molecule has 2 rings (SSSR count). The maximum absolute atomic E-state index is 10.8. The van der Waals surface area contributed by atoms with E-state index in [9.17, 15) is 4.79 Å². The molecule has 0 heterocycles. The fourth-order valence-corrected chi connectivity index (χ4v) is 3.09. The van der Waals surface area contributed by atoms with Gasteiger partial charge in [-0.1, -0.05) is 70.7 Å². The lowest BCUT2D eigenvalue weighted by Crippen LogP contribution is -2.02. The molecule has 0 bridgehead atoms. The first-order valence-electron chi connectivity index (χ1n) is 8.55. The third-order valence-electron chi connectivity index (χ3n) is 4.04. The highest BCUT2D eigenvalue weighted by molar-refractivity contribution is 6.42. The number of allylic oxidation sites excluding steroid dienone is 2. The minimum atomic E-state index is -0.178. The Labute approximate surface area is 186 Å². The lowest BCUT2D eigenvalue weighted by atomic mass is 9.97. The average molecular weight is 460 g/mol. The van der Waals surface area contributed by atoms with E-state index in [0.29, 0.717) is 26.5 Å². The SMILES string of the molecule is C=CCC(C=O)c1ccc(Cl)c(Cl)c1.C=CCC(CO)c1ccc(Cl)c(Cl)c1. The number of aliphatic hydroxyl groups excluding tert-OH is 1. The van der Waals surface area contributed by atoms with E-state index in [-0.39, 0.29) is 18.4 Å². The molecule has 2 nitrogen and oxygen atoms in total. The van der Waals surface area contributed by atoms with Gasteiger partial charge in [0.1, 0.15) is 6.29 Å². The van der Waals surface area contributed by atoms with Gasteiger partial charge in [0.2, 0.25) is 0 Å². The highest BCUT2D eigenvalue weighted by Gasteiger charge is 2.10. The molecule has 2 unspecified atom stereocenters. The van der Waals surface area contributed by atoms with Gasteiger partial charge in [-0.2, -0.15) is 0 Å². The van der Waals surface area contributed by atoms with Crippen LogP contribution in [0, 0.1) is 0 Å². The summed E-state index contributed by atoms with van der Waals surface area (Å²) in [6.45, 7) is 7.33. The Morgan fingerprint density at radius 3 is 1.75 bits per heavy atom. The summed E-state index contributed by atoms with van der Waals surface area (Å²) >= 11 is 23.3. The summed E-state index contributed by atoms with van der Waals surface area (Å²) < 4.78 is 0. The molecule has 0 aliphatic heterocycles. The van der Waals surface area contributed by atoms with Crippen LogP contribution in [0.5, 0.6) is 0 Å². The van der Waals surface area contributed by atoms with Crippen LogP contribution in [0.15, 0.2) is 61.7 Å². The van der Waals surface area contributed by atoms with E-state index in [1.54, 1.807) is 42.5 Å². The lowest BCUT2D eigenvalue weighted by Gasteiger charge is -2.12. The molecule has 1 N–H and O–H groups in total. The number of hydrogen-bond acceptors (Lipinski definition) is 2. The predicted octanol–water partition coefficient (Wildman–Crippen LogP) is 7.50.